The topological polar surface area (TPSA) is 83.9 Å². The van der Waals surface area contributed by atoms with Gasteiger partial charge in [0.2, 0.25) is 10.0 Å². The fraction of sp³-hybridized carbons (Fsp3) is 0.500. The molecule has 116 valence electrons. The first kappa shape index (κ1) is 15.9. The van der Waals surface area contributed by atoms with E-state index < -0.39 is 16.0 Å². The molecule has 6 nitrogen and oxygen atoms in total. The largest absolute Gasteiger partial charge is 0.478 e. The Labute approximate surface area is 124 Å². The number of benzene rings is 1. The second-order valence-corrected chi connectivity index (χ2v) is 7.20. The fourth-order valence-corrected chi connectivity index (χ4v) is 4.08. The van der Waals surface area contributed by atoms with E-state index in [2.05, 4.69) is 0 Å². The van der Waals surface area contributed by atoms with Gasteiger partial charge in [0, 0.05) is 20.2 Å². The SMILES string of the molecule is COCC1CCN(S(=O)(=O)Cc2ccc(C(=O)O)cc2)C1. The van der Waals surface area contributed by atoms with Gasteiger partial charge in [-0.05, 0) is 30.0 Å². The van der Waals surface area contributed by atoms with E-state index in [9.17, 15) is 13.2 Å². The van der Waals surface area contributed by atoms with Crippen LogP contribution in [0.15, 0.2) is 24.3 Å². The van der Waals surface area contributed by atoms with Crippen molar-refractivity contribution in [2.75, 3.05) is 26.8 Å². The zero-order valence-electron chi connectivity index (χ0n) is 11.9. The lowest BCUT2D eigenvalue weighted by atomic mass is 10.1. The van der Waals surface area contributed by atoms with Crippen LogP contribution in [0.2, 0.25) is 0 Å². The maximum absolute atomic E-state index is 12.3. The van der Waals surface area contributed by atoms with Crippen LogP contribution in [0.3, 0.4) is 0 Å². The van der Waals surface area contributed by atoms with E-state index in [1.54, 1.807) is 19.2 Å². The lowest BCUT2D eigenvalue weighted by Crippen LogP contribution is -2.30. The molecule has 1 fully saturated rings. The molecule has 1 aromatic carbocycles. The van der Waals surface area contributed by atoms with Gasteiger partial charge in [0.25, 0.3) is 0 Å². The number of ether oxygens (including phenoxy) is 1. The second-order valence-electron chi connectivity index (χ2n) is 5.23. The van der Waals surface area contributed by atoms with Crippen molar-refractivity contribution in [2.45, 2.75) is 12.2 Å². The van der Waals surface area contributed by atoms with Crippen LogP contribution in [0.4, 0.5) is 0 Å². The number of aromatic carboxylic acids is 1. The quantitative estimate of drug-likeness (QED) is 0.852. The number of carboxylic acid groups (broad SMARTS) is 1. The number of nitrogens with zero attached hydrogens (tertiary/aromatic N) is 1. The van der Waals surface area contributed by atoms with Crippen molar-refractivity contribution in [1.82, 2.24) is 4.31 Å². The van der Waals surface area contributed by atoms with Crippen molar-refractivity contribution in [2.24, 2.45) is 5.92 Å². The number of hydrogen-bond donors (Lipinski definition) is 1. The fourth-order valence-electron chi connectivity index (χ4n) is 2.47. The van der Waals surface area contributed by atoms with Gasteiger partial charge in [-0.25, -0.2) is 17.5 Å². The highest BCUT2D eigenvalue weighted by atomic mass is 32.2. The minimum atomic E-state index is -3.37. The molecule has 1 aliphatic rings. The lowest BCUT2D eigenvalue weighted by molar-refractivity contribution is 0.0697. The summed E-state index contributed by atoms with van der Waals surface area (Å²) in [6.07, 6.45) is 0.811. The molecule has 1 heterocycles. The minimum absolute atomic E-state index is 0.105. The van der Waals surface area contributed by atoms with Gasteiger partial charge in [-0.15, -0.1) is 0 Å². The highest BCUT2D eigenvalue weighted by Gasteiger charge is 2.31. The van der Waals surface area contributed by atoms with Crippen LogP contribution in [0.1, 0.15) is 22.3 Å². The third-order valence-corrected chi connectivity index (χ3v) is 5.41. The molecule has 1 aromatic rings. The Morgan fingerprint density at radius 3 is 2.62 bits per heavy atom. The molecule has 0 aliphatic carbocycles. The van der Waals surface area contributed by atoms with Crippen molar-refractivity contribution in [3.63, 3.8) is 0 Å². The van der Waals surface area contributed by atoms with E-state index >= 15 is 0 Å². The standard InChI is InChI=1S/C14H19NO5S/c1-20-9-12-6-7-15(8-12)21(18,19)10-11-2-4-13(5-3-11)14(16)17/h2-5,12H,6-10H2,1H3,(H,16,17). The molecule has 7 heteroatoms. The monoisotopic (exact) mass is 313 g/mol. The molecule has 0 bridgehead atoms. The third-order valence-electron chi connectivity index (χ3n) is 3.59. The molecule has 0 aromatic heterocycles. The summed E-state index contributed by atoms with van der Waals surface area (Å²) in [5.41, 5.74) is 0.743. The van der Waals surface area contributed by atoms with E-state index in [0.717, 1.165) is 6.42 Å². The Bertz CT molecular complexity index is 596. The van der Waals surface area contributed by atoms with Crippen molar-refractivity contribution < 1.29 is 23.1 Å². The Balaban J connectivity index is 2.02. The average molecular weight is 313 g/mol. The van der Waals surface area contributed by atoms with E-state index in [1.807, 2.05) is 0 Å². The smallest absolute Gasteiger partial charge is 0.335 e. The van der Waals surface area contributed by atoms with Crippen LogP contribution in [0, 0.1) is 5.92 Å². The summed E-state index contributed by atoms with van der Waals surface area (Å²) in [4.78, 5) is 10.8. The molecule has 2 rings (SSSR count). The van der Waals surface area contributed by atoms with Gasteiger partial charge in [-0.1, -0.05) is 12.1 Å². The first-order valence-electron chi connectivity index (χ1n) is 6.71. The van der Waals surface area contributed by atoms with Crippen LogP contribution >= 0.6 is 0 Å². The summed E-state index contributed by atoms with van der Waals surface area (Å²) < 4.78 is 31.2. The zero-order valence-corrected chi connectivity index (χ0v) is 12.7. The van der Waals surface area contributed by atoms with Gasteiger partial charge >= 0.3 is 5.97 Å². The number of hydrogen-bond acceptors (Lipinski definition) is 4. The van der Waals surface area contributed by atoms with Crippen LogP contribution in [0.25, 0.3) is 0 Å². The number of carbonyl (C=O) groups is 1. The molecule has 1 saturated heterocycles. The molecule has 1 N–H and O–H groups in total. The number of carboxylic acids is 1. The van der Waals surface area contributed by atoms with Gasteiger partial charge in [-0.2, -0.15) is 0 Å². The maximum Gasteiger partial charge on any atom is 0.335 e. The van der Waals surface area contributed by atoms with E-state index in [-0.39, 0.29) is 17.2 Å². The minimum Gasteiger partial charge on any atom is -0.478 e. The molecule has 21 heavy (non-hydrogen) atoms. The van der Waals surface area contributed by atoms with Gasteiger partial charge < -0.3 is 9.84 Å². The predicted octanol–water partition coefficient (Wildman–Crippen LogP) is 1.18. The van der Waals surface area contributed by atoms with Gasteiger partial charge in [0.05, 0.1) is 17.9 Å². The lowest BCUT2D eigenvalue weighted by Gasteiger charge is -2.16. The van der Waals surface area contributed by atoms with E-state index in [0.29, 0.717) is 25.3 Å². The van der Waals surface area contributed by atoms with Crippen LogP contribution in [-0.2, 0) is 20.5 Å². The number of methoxy groups -OCH3 is 1. The van der Waals surface area contributed by atoms with Crippen molar-refractivity contribution in [3.05, 3.63) is 35.4 Å². The van der Waals surface area contributed by atoms with Crippen LogP contribution in [-0.4, -0.2) is 50.6 Å². The summed E-state index contributed by atoms with van der Waals surface area (Å²) in [5, 5.41) is 8.82. The Morgan fingerprint density at radius 2 is 2.05 bits per heavy atom. The molecule has 1 aliphatic heterocycles. The molecule has 0 spiro atoms. The third kappa shape index (κ3) is 4.03. The first-order valence-corrected chi connectivity index (χ1v) is 8.32. The van der Waals surface area contributed by atoms with Crippen molar-refractivity contribution in [1.29, 1.82) is 0 Å². The zero-order chi connectivity index (χ0) is 15.5. The van der Waals surface area contributed by atoms with Crippen molar-refractivity contribution in [3.8, 4) is 0 Å². The average Bonchev–Trinajstić information content (AvgIpc) is 2.89. The summed E-state index contributed by atoms with van der Waals surface area (Å²) in [5.74, 6) is -0.877. The maximum atomic E-state index is 12.3. The summed E-state index contributed by atoms with van der Waals surface area (Å²) in [6.45, 7) is 1.58. The van der Waals surface area contributed by atoms with E-state index in [1.165, 1.54) is 16.4 Å². The van der Waals surface area contributed by atoms with Gasteiger partial charge in [0.15, 0.2) is 0 Å². The Morgan fingerprint density at radius 1 is 1.38 bits per heavy atom. The summed E-state index contributed by atoms with van der Waals surface area (Å²) in [6, 6.07) is 5.93. The van der Waals surface area contributed by atoms with Gasteiger partial charge in [0.1, 0.15) is 0 Å². The van der Waals surface area contributed by atoms with Crippen molar-refractivity contribution >= 4 is 16.0 Å². The molecule has 0 amide bonds. The molecule has 1 atom stereocenters. The van der Waals surface area contributed by atoms with Crippen LogP contribution < -0.4 is 0 Å². The molecular weight excluding hydrogens is 294 g/mol. The molecular formula is C14H19NO5S. The summed E-state index contributed by atoms with van der Waals surface area (Å²) >= 11 is 0. The van der Waals surface area contributed by atoms with Crippen LogP contribution in [0.5, 0.6) is 0 Å². The van der Waals surface area contributed by atoms with E-state index in [4.69, 9.17) is 9.84 Å². The number of sulfonamides is 1. The molecule has 0 saturated carbocycles. The summed E-state index contributed by atoms with van der Waals surface area (Å²) in [7, 11) is -1.75. The highest BCUT2D eigenvalue weighted by Crippen LogP contribution is 2.22. The molecule has 1 unspecified atom stereocenters. The predicted molar refractivity (Wildman–Crippen MR) is 77.6 cm³/mol. The first-order chi connectivity index (χ1) is 9.92. The van der Waals surface area contributed by atoms with Gasteiger partial charge in [-0.3, -0.25) is 0 Å². The molecule has 0 radical (unpaired) electrons. The Kier molecular flexibility index (Phi) is 4.97. The normalized spacial score (nSPS) is 19.8. The highest BCUT2D eigenvalue weighted by molar-refractivity contribution is 7.88. The second kappa shape index (κ2) is 6.55. The number of rotatable bonds is 6. The Hall–Kier alpha value is -1.44.